The highest BCUT2D eigenvalue weighted by atomic mass is 32.2. The molecular formula is C40H50F4N6O9S. The van der Waals surface area contributed by atoms with Crippen LogP contribution in [0.1, 0.15) is 85.3 Å². The maximum Gasteiger partial charge on any atom is 0.408 e. The van der Waals surface area contributed by atoms with Crippen LogP contribution in [0.5, 0.6) is 11.6 Å². The Balaban J connectivity index is 1.31. The number of halogens is 4. The zero-order chi connectivity index (χ0) is 43.7. The Morgan fingerprint density at radius 1 is 1.10 bits per heavy atom. The Morgan fingerprint density at radius 2 is 1.82 bits per heavy atom. The number of carbonyl (C=O) groups excluding carboxylic acids is 4. The van der Waals surface area contributed by atoms with Crippen LogP contribution in [0.2, 0.25) is 0 Å². The van der Waals surface area contributed by atoms with Crippen molar-refractivity contribution in [1.29, 1.82) is 0 Å². The summed E-state index contributed by atoms with van der Waals surface area (Å²) in [7, 11) is -2.91. The predicted octanol–water partition coefficient (Wildman–Crippen LogP) is 4.73. The van der Waals surface area contributed by atoms with E-state index in [1.54, 1.807) is 27.7 Å². The number of alkyl halides is 4. The van der Waals surface area contributed by atoms with E-state index < -0.39 is 123 Å². The summed E-state index contributed by atoms with van der Waals surface area (Å²) in [4.78, 5) is 66.2. The van der Waals surface area contributed by atoms with Crippen LogP contribution < -0.4 is 24.8 Å². The summed E-state index contributed by atoms with van der Waals surface area (Å²) in [5, 5.41) is 5.04. The topological polar surface area (TPSA) is 195 Å². The Labute approximate surface area is 344 Å². The SMILES string of the molecule is CC[C@@H]1[C@@H]2CN(C(=O)[C@H](C(C)(C)C)NC(=O)O[C@@H]3C[C@H]3CC/C=C/C(F)(F)c3nc4ccc(OC)cc4nc3O2)[C@@H]1C(=O)N[C@]1(C(=O)NS(=O)(=O)C2(C)CC2)C[C@H]1C(F)F. The highest BCUT2D eigenvalue weighted by molar-refractivity contribution is 7.91. The second kappa shape index (κ2) is 15.3. The van der Waals surface area contributed by atoms with Crippen LogP contribution in [0.3, 0.4) is 0 Å². The van der Waals surface area contributed by atoms with Crippen LogP contribution in [-0.4, -0.2) is 102 Å². The van der Waals surface area contributed by atoms with Crippen molar-refractivity contribution in [2.24, 2.45) is 23.2 Å². The minimum Gasteiger partial charge on any atom is -0.497 e. The maximum atomic E-state index is 16.3. The highest BCUT2D eigenvalue weighted by Crippen LogP contribution is 2.50. The van der Waals surface area contributed by atoms with Gasteiger partial charge in [-0.25, -0.2) is 32.0 Å². The first-order valence-electron chi connectivity index (χ1n) is 20.1. The molecular weight excluding hydrogens is 817 g/mol. The van der Waals surface area contributed by atoms with Crippen molar-refractivity contribution < 1.29 is 59.4 Å². The highest BCUT2D eigenvalue weighted by Gasteiger charge is 2.68. The number of hydrogen-bond donors (Lipinski definition) is 3. The number of rotatable bonds is 8. The molecule has 0 unspecified atom stereocenters. The molecule has 3 heterocycles. The second-order valence-electron chi connectivity index (χ2n) is 17.9. The molecule has 328 valence electrons. The molecule has 4 amide bonds. The number of benzene rings is 1. The summed E-state index contributed by atoms with van der Waals surface area (Å²) < 4.78 is 105. The van der Waals surface area contributed by atoms with Crippen molar-refractivity contribution in [3.8, 4) is 11.6 Å². The maximum absolute atomic E-state index is 16.3. The number of fused-ring (bicyclic) bond motifs is 5. The minimum atomic E-state index is -4.32. The molecule has 2 aromatic rings. The van der Waals surface area contributed by atoms with E-state index in [9.17, 15) is 36.4 Å². The van der Waals surface area contributed by atoms with Gasteiger partial charge in [-0.2, -0.15) is 8.78 Å². The van der Waals surface area contributed by atoms with Crippen LogP contribution in [0.4, 0.5) is 22.4 Å². The lowest BCUT2D eigenvalue weighted by atomic mass is 9.85. The summed E-state index contributed by atoms with van der Waals surface area (Å²) in [6.07, 6.45) is -2.81. The van der Waals surface area contributed by atoms with Gasteiger partial charge in [-0.3, -0.25) is 19.1 Å². The first-order valence-corrected chi connectivity index (χ1v) is 21.6. The van der Waals surface area contributed by atoms with Crippen molar-refractivity contribution in [3.63, 3.8) is 0 Å². The zero-order valence-corrected chi connectivity index (χ0v) is 34.9. The first kappa shape index (κ1) is 43.3. The first-order chi connectivity index (χ1) is 28.0. The third-order valence-corrected chi connectivity index (χ3v) is 14.6. The molecule has 2 bridgehead atoms. The van der Waals surface area contributed by atoms with Crippen LogP contribution in [0, 0.1) is 23.2 Å². The van der Waals surface area contributed by atoms with Gasteiger partial charge in [0.1, 0.15) is 35.6 Å². The summed E-state index contributed by atoms with van der Waals surface area (Å²) in [5.41, 5.74) is -3.99. The molecule has 15 nitrogen and oxygen atoms in total. The molecule has 3 saturated carbocycles. The lowest BCUT2D eigenvalue weighted by Crippen LogP contribution is -2.61. The van der Waals surface area contributed by atoms with E-state index in [1.807, 2.05) is 4.72 Å². The number of nitrogens with one attached hydrogen (secondary N) is 3. The molecule has 3 N–H and O–H groups in total. The monoisotopic (exact) mass is 866 g/mol. The van der Waals surface area contributed by atoms with Gasteiger partial charge < -0.3 is 29.7 Å². The molecule has 5 aliphatic rings. The van der Waals surface area contributed by atoms with Gasteiger partial charge >= 0.3 is 12.0 Å². The largest absolute Gasteiger partial charge is 0.497 e. The lowest BCUT2D eigenvalue weighted by molar-refractivity contribution is -0.144. The molecule has 4 fully saturated rings. The van der Waals surface area contributed by atoms with E-state index >= 15 is 8.78 Å². The Bertz CT molecular complexity index is 2220. The third kappa shape index (κ3) is 8.19. The van der Waals surface area contributed by atoms with Gasteiger partial charge in [0.15, 0.2) is 5.69 Å². The Hall–Kier alpha value is -4.75. The zero-order valence-electron chi connectivity index (χ0n) is 34.1. The number of methoxy groups -OCH3 is 1. The van der Waals surface area contributed by atoms with Gasteiger partial charge in [-0.15, -0.1) is 0 Å². The number of ether oxygens (including phenoxy) is 3. The van der Waals surface area contributed by atoms with E-state index in [4.69, 9.17) is 14.2 Å². The average Bonchev–Trinajstić information content (AvgIpc) is 4.12. The molecule has 20 heteroatoms. The van der Waals surface area contributed by atoms with Crippen molar-refractivity contribution >= 4 is 44.9 Å². The van der Waals surface area contributed by atoms with E-state index in [2.05, 4.69) is 20.6 Å². The number of hydrogen-bond acceptors (Lipinski definition) is 11. The number of allylic oxidation sites excluding steroid dienone is 2. The lowest BCUT2D eigenvalue weighted by Gasteiger charge is -2.36. The van der Waals surface area contributed by atoms with Gasteiger partial charge in [0.2, 0.25) is 34.1 Å². The van der Waals surface area contributed by atoms with Crippen LogP contribution >= 0.6 is 0 Å². The number of carbonyl (C=O) groups is 4. The van der Waals surface area contributed by atoms with E-state index in [1.165, 1.54) is 38.3 Å². The number of aromatic nitrogens is 2. The second-order valence-corrected chi connectivity index (χ2v) is 20.1. The average molecular weight is 867 g/mol. The number of sulfonamides is 1. The number of nitrogens with zero attached hydrogens (tertiary/aromatic N) is 3. The standard InChI is InChI=1S/C40H50F4N6O9S/c1-7-22-27-19-50(28(22)32(51)48-39(18-23(39)31(41)42)35(53)49-60(55,56)38(5)14-15-38)34(52)30(37(2,3)4)47-36(54)59-26-16-20(26)10-8-9-13-40(43,44)29-33(58-27)46-25-17-21(57-6)11-12-24(25)45-29/h9,11-13,17,20,22-23,26-28,30-31H,7-8,10,14-16,18-19H2,1-6H3,(H,47,54)(H,48,51)(H,49,53)/b13-9+/t20-,22-,23+,26-,27+,28+,30-,39-/m1/s1. The minimum absolute atomic E-state index is 0.0376. The quantitative estimate of drug-likeness (QED) is 0.245. The van der Waals surface area contributed by atoms with Gasteiger partial charge in [0.25, 0.3) is 5.91 Å². The number of alkyl carbamates (subject to hydrolysis) is 1. The van der Waals surface area contributed by atoms with Crippen molar-refractivity contribution in [3.05, 3.63) is 36.0 Å². The predicted molar refractivity (Wildman–Crippen MR) is 206 cm³/mol. The molecule has 3 aliphatic carbocycles. The van der Waals surface area contributed by atoms with Gasteiger partial charge in [-0.1, -0.05) is 33.8 Å². The molecule has 60 heavy (non-hydrogen) atoms. The molecule has 2 aliphatic heterocycles. The summed E-state index contributed by atoms with van der Waals surface area (Å²) in [6, 6.07) is 1.50. The Morgan fingerprint density at radius 3 is 2.43 bits per heavy atom. The Kier molecular flexibility index (Phi) is 11.1. The molecule has 1 aromatic heterocycles. The third-order valence-electron chi connectivity index (χ3n) is 12.5. The van der Waals surface area contributed by atoms with Crippen molar-refractivity contribution in [2.75, 3.05) is 13.7 Å². The van der Waals surface area contributed by atoms with Crippen LogP contribution in [0.15, 0.2) is 30.4 Å². The summed E-state index contributed by atoms with van der Waals surface area (Å²) in [5.74, 6) is -10.2. The van der Waals surface area contributed by atoms with Crippen LogP contribution in [0.25, 0.3) is 11.0 Å². The fraction of sp³-hybridized carbons (Fsp3) is 0.650. The van der Waals surface area contributed by atoms with Gasteiger partial charge in [-0.05, 0) is 81.4 Å². The van der Waals surface area contributed by atoms with E-state index in [0.717, 1.165) is 4.90 Å². The van der Waals surface area contributed by atoms with Gasteiger partial charge in [0.05, 0.1) is 35.4 Å². The molecule has 0 spiro atoms. The molecule has 1 aromatic carbocycles. The van der Waals surface area contributed by atoms with Gasteiger partial charge in [0, 0.05) is 12.0 Å². The van der Waals surface area contributed by atoms with E-state index in [-0.39, 0.29) is 42.6 Å². The van der Waals surface area contributed by atoms with Crippen LogP contribution in [-0.2, 0) is 35.1 Å². The van der Waals surface area contributed by atoms with Crippen molar-refractivity contribution in [1.82, 2.24) is 30.2 Å². The smallest absolute Gasteiger partial charge is 0.408 e. The van der Waals surface area contributed by atoms with E-state index in [0.29, 0.717) is 24.7 Å². The fourth-order valence-corrected chi connectivity index (χ4v) is 9.47. The normalized spacial score (nSPS) is 31.6. The molecule has 8 atom stereocenters. The summed E-state index contributed by atoms with van der Waals surface area (Å²) in [6.45, 7) is 7.57. The fourth-order valence-electron chi connectivity index (χ4n) is 8.16. The van der Waals surface area contributed by atoms with Crippen molar-refractivity contribution in [2.45, 2.75) is 126 Å². The molecule has 7 rings (SSSR count). The number of amides is 4. The molecule has 0 radical (unpaired) electrons. The summed E-state index contributed by atoms with van der Waals surface area (Å²) >= 11 is 0. The molecule has 1 saturated heterocycles.